The van der Waals surface area contributed by atoms with Gasteiger partial charge >= 0.3 is 0 Å². The first-order valence-electron chi connectivity index (χ1n) is 6.72. The normalized spacial score (nSPS) is 17.0. The van der Waals surface area contributed by atoms with Gasteiger partial charge in [0, 0.05) is 6.54 Å². The lowest BCUT2D eigenvalue weighted by atomic mass is 9.85. The van der Waals surface area contributed by atoms with Crippen LogP contribution in [0.15, 0.2) is 0 Å². The van der Waals surface area contributed by atoms with Crippen LogP contribution < -0.4 is 5.32 Å². The monoisotopic (exact) mass is 212 g/mol. The highest BCUT2D eigenvalue weighted by molar-refractivity contribution is 4.72. The maximum Gasteiger partial charge on any atom is 0.000661 e. The van der Waals surface area contributed by atoms with E-state index in [1.807, 2.05) is 0 Å². The van der Waals surface area contributed by atoms with Crippen LogP contribution in [-0.2, 0) is 0 Å². The molecular weight excluding hydrogens is 184 g/mol. The molecule has 0 amide bonds. The zero-order valence-corrected chi connectivity index (χ0v) is 10.6. The molecule has 1 rings (SSSR count). The smallest absolute Gasteiger partial charge is 0.000661 e. The van der Waals surface area contributed by atoms with Gasteiger partial charge in [0.15, 0.2) is 0 Å². The molecule has 0 aromatic carbocycles. The molecule has 0 saturated heterocycles. The highest BCUT2D eigenvalue weighted by Crippen LogP contribution is 2.26. The molecule has 1 aliphatic rings. The Hall–Kier alpha value is -0.0800. The molecule has 15 heavy (non-hydrogen) atoms. The molecule has 90 valence electrons. The van der Waals surface area contributed by atoms with Gasteiger partial charge in [-0.05, 0) is 58.3 Å². The van der Waals surface area contributed by atoms with Gasteiger partial charge in [0.25, 0.3) is 0 Å². The minimum atomic E-state index is 1.02. The summed E-state index contributed by atoms with van der Waals surface area (Å²) in [5.41, 5.74) is 0. The fraction of sp³-hybridized carbons (Fsp3) is 1.00. The number of hydrogen-bond acceptors (Lipinski definition) is 2. The van der Waals surface area contributed by atoms with Crippen LogP contribution in [0.5, 0.6) is 0 Å². The van der Waals surface area contributed by atoms with E-state index in [-0.39, 0.29) is 0 Å². The molecule has 0 aromatic rings. The molecule has 0 bridgehead atoms. The third-order valence-electron chi connectivity index (χ3n) is 3.44. The number of rotatable bonds is 9. The Balaban J connectivity index is 1.81. The Kier molecular flexibility index (Phi) is 7.03. The van der Waals surface area contributed by atoms with Gasteiger partial charge < -0.3 is 10.2 Å². The highest BCUT2D eigenvalue weighted by atomic mass is 15.1. The number of unbranched alkanes of at least 4 members (excludes halogenated alkanes) is 2. The van der Waals surface area contributed by atoms with Crippen LogP contribution >= 0.6 is 0 Å². The first kappa shape index (κ1) is 13.0. The van der Waals surface area contributed by atoms with Crippen molar-refractivity contribution in [3.8, 4) is 0 Å². The molecule has 0 radical (unpaired) electrons. The van der Waals surface area contributed by atoms with Gasteiger partial charge in [-0.2, -0.15) is 0 Å². The highest BCUT2D eigenvalue weighted by Gasteiger charge is 2.18. The maximum atomic E-state index is 3.37. The first-order chi connectivity index (χ1) is 7.33. The van der Waals surface area contributed by atoms with E-state index in [1.54, 1.807) is 0 Å². The third kappa shape index (κ3) is 6.16. The van der Waals surface area contributed by atoms with Gasteiger partial charge in [0.2, 0.25) is 0 Å². The summed E-state index contributed by atoms with van der Waals surface area (Å²) in [5.74, 6) is 1.02. The van der Waals surface area contributed by atoms with Crippen LogP contribution in [0.2, 0.25) is 0 Å². The molecule has 1 N–H and O–H groups in total. The molecular formula is C13H28N2. The summed E-state index contributed by atoms with van der Waals surface area (Å²) in [6.07, 6.45) is 8.51. The van der Waals surface area contributed by atoms with Crippen molar-refractivity contribution in [2.24, 2.45) is 5.92 Å². The van der Waals surface area contributed by atoms with Crippen LogP contribution in [0.3, 0.4) is 0 Å². The van der Waals surface area contributed by atoms with Crippen LogP contribution in [-0.4, -0.2) is 38.1 Å². The van der Waals surface area contributed by atoms with Crippen LogP contribution in [0.4, 0.5) is 0 Å². The first-order valence-corrected chi connectivity index (χ1v) is 6.72. The predicted molar refractivity (Wildman–Crippen MR) is 67.2 cm³/mol. The van der Waals surface area contributed by atoms with E-state index in [0.29, 0.717) is 0 Å². The second kappa shape index (κ2) is 8.12. The van der Waals surface area contributed by atoms with Gasteiger partial charge in [-0.25, -0.2) is 0 Å². The van der Waals surface area contributed by atoms with Crippen molar-refractivity contribution in [1.82, 2.24) is 10.2 Å². The molecule has 2 nitrogen and oxygen atoms in total. The SMILES string of the molecule is CCNCCCCCN(C)CC1CCC1. The lowest BCUT2D eigenvalue weighted by Crippen LogP contribution is -2.30. The molecule has 0 unspecified atom stereocenters. The van der Waals surface area contributed by atoms with Gasteiger partial charge in [0.1, 0.15) is 0 Å². The summed E-state index contributed by atoms with van der Waals surface area (Å²) in [6, 6.07) is 0. The molecule has 0 atom stereocenters. The number of hydrogen-bond donors (Lipinski definition) is 1. The van der Waals surface area contributed by atoms with Crippen molar-refractivity contribution >= 4 is 0 Å². The third-order valence-corrected chi connectivity index (χ3v) is 3.44. The molecule has 0 heterocycles. The fourth-order valence-electron chi connectivity index (χ4n) is 2.19. The van der Waals surface area contributed by atoms with Gasteiger partial charge in [-0.3, -0.25) is 0 Å². The summed E-state index contributed by atoms with van der Waals surface area (Å²) < 4.78 is 0. The second-order valence-electron chi connectivity index (χ2n) is 4.97. The summed E-state index contributed by atoms with van der Waals surface area (Å²) in [4.78, 5) is 2.52. The molecule has 0 aliphatic heterocycles. The van der Waals surface area contributed by atoms with E-state index >= 15 is 0 Å². The van der Waals surface area contributed by atoms with Gasteiger partial charge in [0.05, 0.1) is 0 Å². The van der Waals surface area contributed by atoms with Gasteiger partial charge in [-0.1, -0.05) is 19.8 Å². The number of nitrogens with zero attached hydrogens (tertiary/aromatic N) is 1. The molecule has 1 fully saturated rings. The van der Waals surface area contributed by atoms with Crippen molar-refractivity contribution in [3.63, 3.8) is 0 Å². The maximum absolute atomic E-state index is 3.37. The second-order valence-corrected chi connectivity index (χ2v) is 4.97. The van der Waals surface area contributed by atoms with E-state index in [0.717, 1.165) is 12.5 Å². The Morgan fingerprint density at radius 1 is 1.20 bits per heavy atom. The van der Waals surface area contributed by atoms with E-state index in [1.165, 1.54) is 58.2 Å². The summed E-state index contributed by atoms with van der Waals surface area (Å²) in [6.45, 7) is 7.12. The lowest BCUT2D eigenvalue weighted by molar-refractivity contribution is 0.203. The topological polar surface area (TPSA) is 15.3 Å². The molecule has 0 spiro atoms. The largest absolute Gasteiger partial charge is 0.317 e. The van der Waals surface area contributed by atoms with Crippen molar-refractivity contribution in [3.05, 3.63) is 0 Å². The van der Waals surface area contributed by atoms with E-state index in [2.05, 4.69) is 24.2 Å². The Morgan fingerprint density at radius 2 is 2.00 bits per heavy atom. The summed E-state index contributed by atoms with van der Waals surface area (Å²) >= 11 is 0. The quantitative estimate of drug-likeness (QED) is 0.591. The summed E-state index contributed by atoms with van der Waals surface area (Å²) in [7, 11) is 2.28. The zero-order valence-electron chi connectivity index (χ0n) is 10.6. The van der Waals surface area contributed by atoms with Crippen molar-refractivity contribution in [2.45, 2.75) is 45.4 Å². The van der Waals surface area contributed by atoms with Crippen molar-refractivity contribution < 1.29 is 0 Å². The van der Waals surface area contributed by atoms with Crippen LogP contribution in [0.25, 0.3) is 0 Å². The number of nitrogens with one attached hydrogen (secondary N) is 1. The molecule has 0 aromatic heterocycles. The standard InChI is InChI=1S/C13H28N2/c1-3-14-10-5-4-6-11-15(2)12-13-8-7-9-13/h13-14H,3-12H2,1-2H3. The average molecular weight is 212 g/mol. The summed E-state index contributed by atoms with van der Waals surface area (Å²) in [5, 5.41) is 3.37. The molecule has 1 saturated carbocycles. The lowest BCUT2D eigenvalue weighted by Gasteiger charge is -2.30. The average Bonchev–Trinajstić information content (AvgIpc) is 2.17. The molecule has 1 aliphatic carbocycles. The predicted octanol–water partition coefficient (Wildman–Crippen LogP) is 2.50. The zero-order chi connectivity index (χ0) is 10.9. The van der Waals surface area contributed by atoms with Crippen molar-refractivity contribution in [2.75, 3.05) is 33.2 Å². The van der Waals surface area contributed by atoms with Gasteiger partial charge in [-0.15, -0.1) is 0 Å². The van der Waals surface area contributed by atoms with E-state index in [4.69, 9.17) is 0 Å². The van der Waals surface area contributed by atoms with E-state index < -0.39 is 0 Å². The molecule has 2 heteroatoms. The van der Waals surface area contributed by atoms with E-state index in [9.17, 15) is 0 Å². The van der Waals surface area contributed by atoms with Crippen molar-refractivity contribution in [1.29, 1.82) is 0 Å². The van der Waals surface area contributed by atoms with Crippen LogP contribution in [0.1, 0.15) is 45.4 Å². The minimum Gasteiger partial charge on any atom is -0.317 e. The van der Waals surface area contributed by atoms with Crippen LogP contribution in [0, 0.1) is 5.92 Å². The fourth-order valence-corrected chi connectivity index (χ4v) is 2.19. The minimum absolute atomic E-state index is 1.02. The Labute approximate surface area is 95.4 Å². The Bertz CT molecular complexity index is 143. The Morgan fingerprint density at radius 3 is 2.60 bits per heavy atom.